The minimum absolute atomic E-state index is 0.177. The lowest BCUT2D eigenvalue weighted by Crippen LogP contribution is -2.13. The Bertz CT molecular complexity index is 482. The monoisotopic (exact) mass is 199 g/mol. The molecule has 1 aromatic carbocycles. The molecule has 0 bridgehead atoms. The van der Waals surface area contributed by atoms with Gasteiger partial charge in [0.05, 0.1) is 18.1 Å². The van der Waals surface area contributed by atoms with Crippen LogP contribution in [-0.4, -0.2) is 15.9 Å². The van der Waals surface area contributed by atoms with E-state index in [1.54, 1.807) is 6.20 Å². The van der Waals surface area contributed by atoms with Crippen LogP contribution in [0.2, 0.25) is 0 Å². The van der Waals surface area contributed by atoms with Gasteiger partial charge in [-0.2, -0.15) is 0 Å². The summed E-state index contributed by atoms with van der Waals surface area (Å²) in [5.41, 5.74) is 6.85. The predicted octanol–water partition coefficient (Wildman–Crippen LogP) is 1.24. The van der Waals surface area contributed by atoms with E-state index in [1.165, 1.54) is 6.20 Å². The minimum Gasteiger partial charge on any atom is -0.364 e. The maximum absolute atomic E-state index is 10.9. The van der Waals surface area contributed by atoms with Crippen molar-refractivity contribution in [3.05, 3.63) is 48.4 Å². The molecule has 74 valence electrons. The zero-order chi connectivity index (χ0) is 10.7. The molecule has 0 spiro atoms. The first-order chi connectivity index (χ1) is 7.27. The number of rotatable bonds is 2. The van der Waals surface area contributed by atoms with Crippen molar-refractivity contribution >= 4 is 5.91 Å². The number of benzene rings is 1. The lowest BCUT2D eigenvalue weighted by molar-refractivity contribution is 0.0995. The second-order valence-corrected chi connectivity index (χ2v) is 3.02. The van der Waals surface area contributed by atoms with Crippen LogP contribution in [0.25, 0.3) is 11.3 Å². The number of nitrogens with zero attached hydrogens (tertiary/aromatic N) is 2. The summed E-state index contributed by atoms with van der Waals surface area (Å²) in [6.07, 6.45) is 2.95. The molecule has 2 aromatic rings. The first-order valence-electron chi connectivity index (χ1n) is 4.44. The summed E-state index contributed by atoms with van der Waals surface area (Å²) in [5.74, 6) is -0.569. The fourth-order valence-corrected chi connectivity index (χ4v) is 1.23. The molecule has 15 heavy (non-hydrogen) atoms. The van der Waals surface area contributed by atoms with Gasteiger partial charge >= 0.3 is 0 Å². The Balaban J connectivity index is 2.46. The van der Waals surface area contributed by atoms with Gasteiger partial charge < -0.3 is 5.73 Å². The number of aromatic nitrogens is 2. The molecule has 0 fully saturated rings. The Morgan fingerprint density at radius 3 is 2.53 bits per heavy atom. The predicted molar refractivity (Wildman–Crippen MR) is 56.0 cm³/mol. The number of carbonyl (C=O) groups is 1. The highest BCUT2D eigenvalue weighted by atomic mass is 16.1. The number of nitrogens with two attached hydrogens (primary N) is 1. The zero-order valence-corrected chi connectivity index (χ0v) is 7.92. The molecular formula is C11H9N3O. The van der Waals surface area contributed by atoms with Crippen LogP contribution in [-0.2, 0) is 0 Å². The SMILES string of the molecule is NC(=O)c1cncc(-c2ccccc2)n1. The molecule has 0 aliphatic heterocycles. The summed E-state index contributed by atoms with van der Waals surface area (Å²) in [5, 5.41) is 0. The quantitative estimate of drug-likeness (QED) is 0.791. The Morgan fingerprint density at radius 1 is 1.13 bits per heavy atom. The van der Waals surface area contributed by atoms with Gasteiger partial charge in [-0.25, -0.2) is 4.98 Å². The summed E-state index contributed by atoms with van der Waals surface area (Å²) in [6, 6.07) is 9.50. The molecule has 0 aliphatic rings. The number of hydrogen-bond acceptors (Lipinski definition) is 3. The summed E-state index contributed by atoms with van der Waals surface area (Å²) in [7, 11) is 0. The largest absolute Gasteiger partial charge is 0.364 e. The third-order valence-corrected chi connectivity index (χ3v) is 1.96. The van der Waals surface area contributed by atoms with Gasteiger partial charge in [-0.3, -0.25) is 9.78 Å². The lowest BCUT2D eigenvalue weighted by atomic mass is 10.2. The molecule has 4 heteroatoms. The fraction of sp³-hybridized carbons (Fsp3) is 0. The average Bonchev–Trinajstić information content (AvgIpc) is 2.30. The van der Waals surface area contributed by atoms with Crippen molar-refractivity contribution in [3.8, 4) is 11.3 Å². The maximum atomic E-state index is 10.9. The van der Waals surface area contributed by atoms with Gasteiger partial charge in [0.1, 0.15) is 5.69 Å². The second-order valence-electron chi connectivity index (χ2n) is 3.02. The Morgan fingerprint density at radius 2 is 1.87 bits per heavy atom. The smallest absolute Gasteiger partial charge is 0.268 e. The molecule has 0 aliphatic carbocycles. The zero-order valence-electron chi connectivity index (χ0n) is 7.92. The van der Waals surface area contributed by atoms with Crippen molar-refractivity contribution in [1.82, 2.24) is 9.97 Å². The van der Waals surface area contributed by atoms with E-state index < -0.39 is 5.91 Å². The summed E-state index contributed by atoms with van der Waals surface area (Å²) >= 11 is 0. The van der Waals surface area contributed by atoms with Crippen LogP contribution in [0.3, 0.4) is 0 Å². The van der Waals surface area contributed by atoms with Gasteiger partial charge in [0, 0.05) is 5.56 Å². The van der Waals surface area contributed by atoms with Crippen molar-refractivity contribution in [3.63, 3.8) is 0 Å². The molecular weight excluding hydrogens is 190 g/mol. The third kappa shape index (κ3) is 1.99. The van der Waals surface area contributed by atoms with Crippen LogP contribution in [0.1, 0.15) is 10.5 Å². The highest BCUT2D eigenvalue weighted by molar-refractivity contribution is 5.90. The summed E-state index contributed by atoms with van der Waals surface area (Å²) < 4.78 is 0. The Hall–Kier alpha value is -2.23. The highest BCUT2D eigenvalue weighted by Gasteiger charge is 2.04. The Kier molecular flexibility index (Phi) is 2.41. The van der Waals surface area contributed by atoms with Gasteiger partial charge in [-0.1, -0.05) is 30.3 Å². The van der Waals surface area contributed by atoms with Crippen molar-refractivity contribution in [2.24, 2.45) is 5.73 Å². The second kappa shape index (κ2) is 3.88. The van der Waals surface area contributed by atoms with E-state index in [1.807, 2.05) is 30.3 Å². The lowest BCUT2D eigenvalue weighted by Gasteiger charge is -2.00. The Labute approximate surface area is 86.8 Å². The van der Waals surface area contributed by atoms with E-state index >= 15 is 0 Å². The topological polar surface area (TPSA) is 68.9 Å². The van der Waals surface area contributed by atoms with E-state index in [2.05, 4.69) is 9.97 Å². The number of hydrogen-bond donors (Lipinski definition) is 1. The molecule has 1 aromatic heterocycles. The minimum atomic E-state index is -0.569. The summed E-state index contributed by atoms with van der Waals surface area (Å²) in [6.45, 7) is 0. The molecule has 0 saturated carbocycles. The first-order valence-corrected chi connectivity index (χ1v) is 4.44. The van der Waals surface area contributed by atoms with E-state index in [4.69, 9.17) is 5.73 Å². The molecule has 2 N–H and O–H groups in total. The van der Waals surface area contributed by atoms with Crippen LogP contribution in [0.5, 0.6) is 0 Å². The van der Waals surface area contributed by atoms with Crippen molar-refractivity contribution in [2.75, 3.05) is 0 Å². The maximum Gasteiger partial charge on any atom is 0.268 e. The van der Waals surface area contributed by atoms with Crippen LogP contribution in [0, 0.1) is 0 Å². The van der Waals surface area contributed by atoms with Gasteiger partial charge in [-0.05, 0) is 0 Å². The van der Waals surface area contributed by atoms with E-state index in [0.29, 0.717) is 5.69 Å². The molecule has 0 atom stereocenters. The van der Waals surface area contributed by atoms with Gasteiger partial charge in [0.2, 0.25) is 0 Å². The third-order valence-electron chi connectivity index (χ3n) is 1.96. The summed E-state index contributed by atoms with van der Waals surface area (Å²) in [4.78, 5) is 18.9. The van der Waals surface area contributed by atoms with Crippen LogP contribution in [0.4, 0.5) is 0 Å². The average molecular weight is 199 g/mol. The number of amides is 1. The van der Waals surface area contributed by atoms with Crippen molar-refractivity contribution in [2.45, 2.75) is 0 Å². The molecule has 0 saturated heterocycles. The molecule has 1 amide bonds. The molecule has 4 nitrogen and oxygen atoms in total. The van der Waals surface area contributed by atoms with Gasteiger partial charge in [0.15, 0.2) is 0 Å². The normalized spacial score (nSPS) is 9.87. The van der Waals surface area contributed by atoms with E-state index in [9.17, 15) is 4.79 Å². The van der Waals surface area contributed by atoms with E-state index in [-0.39, 0.29) is 5.69 Å². The van der Waals surface area contributed by atoms with Crippen LogP contribution >= 0.6 is 0 Å². The number of primary amides is 1. The highest BCUT2D eigenvalue weighted by Crippen LogP contribution is 2.14. The van der Waals surface area contributed by atoms with Crippen LogP contribution < -0.4 is 5.73 Å². The van der Waals surface area contributed by atoms with Crippen molar-refractivity contribution < 1.29 is 4.79 Å². The van der Waals surface area contributed by atoms with Crippen LogP contribution in [0.15, 0.2) is 42.7 Å². The first kappa shape index (κ1) is 9.33. The molecule has 2 rings (SSSR count). The van der Waals surface area contributed by atoms with Gasteiger partial charge in [0.25, 0.3) is 5.91 Å². The standard InChI is InChI=1S/C11H9N3O/c12-11(15)10-7-13-6-9(14-10)8-4-2-1-3-5-8/h1-7H,(H2,12,15). The van der Waals surface area contributed by atoms with Crippen molar-refractivity contribution in [1.29, 1.82) is 0 Å². The molecule has 1 heterocycles. The molecule has 0 unspecified atom stereocenters. The van der Waals surface area contributed by atoms with E-state index in [0.717, 1.165) is 5.56 Å². The molecule has 0 radical (unpaired) electrons. The van der Waals surface area contributed by atoms with Gasteiger partial charge in [-0.15, -0.1) is 0 Å². The number of carbonyl (C=O) groups excluding carboxylic acids is 1. The fourth-order valence-electron chi connectivity index (χ4n) is 1.23.